The van der Waals surface area contributed by atoms with Gasteiger partial charge in [-0.2, -0.15) is 0 Å². The molecule has 0 aromatic heterocycles. The van der Waals surface area contributed by atoms with Crippen molar-refractivity contribution in [3.63, 3.8) is 0 Å². The molecular formula is C63H100N14O23. The van der Waals surface area contributed by atoms with Gasteiger partial charge in [0.1, 0.15) is 78.5 Å². The van der Waals surface area contributed by atoms with E-state index in [4.69, 9.17) is 11.5 Å². The van der Waals surface area contributed by atoms with E-state index >= 15 is 0 Å². The molecule has 14 atom stereocenters. The fraction of sp³-hybridized carbons (Fsp3) is 0.635. The van der Waals surface area contributed by atoms with Crippen LogP contribution in [0.4, 0.5) is 0 Å². The van der Waals surface area contributed by atoms with Crippen LogP contribution in [0.1, 0.15) is 145 Å². The predicted octanol–water partition coefficient (Wildman–Crippen LogP) is -5.11. The summed E-state index contributed by atoms with van der Waals surface area (Å²) in [4.78, 5) is 224. The molecule has 0 radical (unpaired) electrons. The Kier molecular flexibility index (Phi) is 38.9. The second-order valence-corrected chi connectivity index (χ2v) is 25.3. The van der Waals surface area contributed by atoms with Crippen LogP contribution in [-0.4, -0.2) is 223 Å². The normalized spacial score (nSPS) is 15.4. The number of carbonyl (C=O) groups excluding carboxylic acids is 13. The molecule has 0 spiro atoms. The topological polar surface area (TPSA) is 608 Å². The number of nitrogens with two attached hydrogens (primary N) is 2. The van der Waals surface area contributed by atoms with Crippen molar-refractivity contribution in [2.45, 2.75) is 231 Å². The highest BCUT2D eigenvalue weighted by Crippen LogP contribution is 2.14. The summed E-state index contributed by atoms with van der Waals surface area (Å²) in [5.41, 5.74) is 11.5. The first kappa shape index (κ1) is 88.1. The monoisotopic (exact) mass is 1420 g/mol. The molecule has 100 heavy (non-hydrogen) atoms. The molecule has 560 valence electrons. The first-order valence-electron chi connectivity index (χ1n) is 32.5. The van der Waals surface area contributed by atoms with Crippen molar-refractivity contribution in [1.82, 2.24) is 63.8 Å². The van der Waals surface area contributed by atoms with E-state index in [0.717, 1.165) is 13.8 Å². The first-order valence-corrected chi connectivity index (χ1v) is 32.5. The number of nitrogens with one attached hydrogen (secondary N) is 12. The Hall–Kier alpha value is -9.91. The number of carbonyl (C=O) groups is 17. The van der Waals surface area contributed by atoms with Gasteiger partial charge in [-0.15, -0.1) is 0 Å². The Balaban J connectivity index is 3.53. The van der Waals surface area contributed by atoms with E-state index in [1.807, 2.05) is 6.92 Å². The quantitative estimate of drug-likeness (QED) is 0.0290. The Labute approximate surface area is 577 Å². The molecule has 0 saturated carbocycles. The van der Waals surface area contributed by atoms with Gasteiger partial charge >= 0.3 is 23.9 Å². The summed E-state index contributed by atoms with van der Waals surface area (Å²) < 4.78 is 0. The number of amides is 13. The van der Waals surface area contributed by atoms with Crippen LogP contribution in [0.2, 0.25) is 0 Å². The minimum atomic E-state index is -2.08. The van der Waals surface area contributed by atoms with Gasteiger partial charge in [-0.25, -0.2) is 4.79 Å². The lowest BCUT2D eigenvalue weighted by molar-refractivity contribution is -0.143. The molecule has 1 aromatic carbocycles. The summed E-state index contributed by atoms with van der Waals surface area (Å²) in [5, 5.41) is 86.1. The van der Waals surface area contributed by atoms with Gasteiger partial charge in [0, 0.05) is 19.3 Å². The highest BCUT2D eigenvalue weighted by atomic mass is 16.4. The van der Waals surface area contributed by atoms with Gasteiger partial charge < -0.3 is 106 Å². The summed E-state index contributed by atoms with van der Waals surface area (Å²) in [5.74, 6) is -21.6. The lowest BCUT2D eigenvalue weighted by Gasteiger charge is -2.28. The molecule has 0 aliphatic rings. The van der Waals surface area contributed by atoms with E-state index in [9.17, 15) is 112 Å². The number of rotatable bonds is 47. The zero-order chi connectivity index (χ0) is 76.4. The van der Waals surface area contributed by atoms with Gasteiger partial charge in [-0.1, -0.05) is 91.6 Å². The van der Waals surface area contributed by atoms with Gasteiger partial charge in [0.05, 0.1) is 25.6 Å². The first-order chi connectivity index (χ1) is 46.6. The molecule has 0 fully saturated rings. The summed E-state index contributed by atoms with van der Waals surface area (Å²) >= 11 is 0. The second-order valence-electron chi connectivity index (χ2n) is 25.3. The average molecular weight is 1420 g/mol. The number of carboxylic acid groups (broad SMARTS) is 4. The molecule has 0 unspecified atom stereocenters. The number of hydrogen-bond donors (Lipinski definition) is 20. The fourth-order valence-electron chi connectivity index (χ4n) is 9.50. The molecule has 0 heterocycles. The van der Waals surface area contributed by atoms with Gasteiger partial charge in [0.15, 0.2) is 0 Å². The smallest absolute Gasteiger partial charge is 0.326 e. The predicted molar refractivity (Wildman–Crippen MR) is 352 cm³/mol. The third-order valence-corrected chi connectivity index (χ3v) is 15.0. The number of unbranched alkanes of at least 4 members (excludes halogenated alkanes) is 1. The van der Waals surface area contributed by atoms with Gasteiger partial charge in [-0.05, 0) is 76.2 Å². The molecule has 0 saturated heterocycles. The van der Waals surface area contributed by atoms with E-state index in [-0.39, 0.29) is 31.6 Å². The van der Waals surface area contributed by atoms with Gasteiger partial charge in [0.2, 0.25) is 76.8 Å². The lowest BCUT2D eigenvalue weighted by atomic mass is 10.00. The van der Waals surface area contributed by atoms with Crippen molar-refractivity contribution in [3.8, 4) is 0 Å². The van der Waals surface area contributed by atoms with Crippen molar-refractivity contribution >= 4 is 101 Å². The van der Waals surface area contributed by atoms with Crippen molar-refractivity contribution in [2.75, 3.05) is 6.61 Å². The molecular weight excluding hydrogens is 1320 g/mol. The zero-order valence-electron chi connectivity index (χ0n) is 57.7. The fourth-order valence-corrected chi connectivity index (χ4v) is 9.50. The number of primary amides is 1. The number of hydrogen-bond acceptors (Lipinski definition) is 20. The minimum absolute atomic E-state index is 0.113. The molecule has 37 heteroatoms. The van der Waals surface area contributed by atoms with Gasteiger partial charge in [-0.3, -0.25) is 76.7 Å². The van der Waals surface area contributed by atoms with Crippen LogP contribution in [0.25, 0.3) is 0 Å². The average Bonchev–Trinajstić information content (AvgIpc) is 0.862. The van der Waals surface area contributed by atoms with E-state index < -0.39 is 242 Å². The Morgan fingerprint density at radius 3 is 1.22 bits per heavy atom. The molecule has 0 aliphatic heterocycles. The summed E-state index contributed by atoms with van der Waals surface area (Å²) in [6, 6.07) is -13.2. The molecule has 0 aliphatic carbocycles. The Morgan fingerprint density at radius 2 is 0.780 bits per heavy atom. The molecule has 22 N–H and O–H groups in total. The summed E-state index contributed by atoms with van der Waals surface area (Å²) in [6.07, 6.45) is -5.93. The maximum absolute atomic E-state index is 14.4. The number of aliphatic hydroxyl groups is 2. The second kappa shape index (κ2) is 44.2. The number of carboxylic acids is 4. The number of benzene rings is 1. The van der Waals surface area contributed by atoms with Crippen molar-refractivity contribution < 1.29 is 112 Å². The van der Waals surface area contributed by atoms with E-state index in [0.29, 0.717) is 18.4 Å². The van der Waals surface area contributed by atoms with Crippen LogP contribution in [0.5, 0.6) is 0 Å². The standard InChI is InChI=1S/C63H100N14O23/c1-11-12-18-39(63(99)100)70-61(97)49(31(6)7)76-52(88)33(9)67-56(92)43(26-45(65)80)74-59(95)42(25-35-16-14-13-15-17-35)73-58(94)40(23-29(2)3)71-51(87)32(8)66-54(90)37(19-21-46(81)82)69-57(93)41(24-30(4)5)72-60(96)44(27-48(85)86)75-62(98)50(34(10)79)77-55(91)38(20-22-47(83)84)68-53(89)36(64)28-78/h13-17,29-34,36-44,49-50,78-79H,11-12,18-28,64H2,1-10H3,(H2,65,80)(H,66,90)(H,67,92)(H,68,89)(H,69,93)(H,70,97)(H,71,87)(H,72,96)(H,73,94)(H,74,95)(H,75,98)(H,76,88)(H,77,91)(H,81,82)(H,83,84)(H,85,86)(H,99,100)/t32-,33-,34+,36-,37-,38-,39-,40-,41-,42-,43-,44-,49-,50-/m0/s1. The molecule has 37 nitrogen and oxygen atoms in total. The van der Waals surface area contributed by atoms with Crippen LogP contribution in [-0.2, 0) is 87.9 Å². The SMILES string of the molecule is CCCC[C@H](NC(=O)[C@@H](NC(=O)[C@H](C)NC(=O)[C@H](CC(N)=O)NC(=O)[C@H](Cc1ccccc1)NC(=O)[C@H](CC(C)C)NC(=O)[C@H](C)NC(=O)[C@H](CCC(=O)O)NC(=O)[C@H](CC(C)C)NC(=O)[C@H](CC(=O)O)NC(=O)[C@@H](NC(=O)[C@H](CCC(=O)O)NC(=O)[C@@H](N)CO)[C@@H](C)O)C(C)C)C(=O)O. The van der Waals surface area contributed by atoms with E-state index in [1.54, 1.807) is 71.9 Å². The van der Waals surface area contributed by atoms with Crippen LogP contribution in [0.15, 0.2) is 30.3 Å². The van der Waals surface area contributed by atoms with E-state index in [1.165, 1.54) is 6.92 Å². The van der Waals surface area contributed by atoms with Crippen LogP contribution in [0, 0.1) is 17.8 Å². The summed E-state index contributed by atoms with van der Waals surface area (Å²) in [6.45, 7) is 14.0. The summed E-state index contributed by atoms with van der Waals surface area (Å²) in [7, 11) is 0. The maximum atomic E-state index is 14.4. The third-order valence-electron chi connectivity index (χ3n) is 15.0. The molecule has 1 rings (SSSR count). The number of aliphatic carboxylic acids is 4. The van der Waals surface area contributed by atoms with Crippen LogP contribution in [0.3, 0.4) is 0 Å². The molecule has 13 amide bonds. The van der Waals surface area contributed by atoms with Crippen LogP contribution >= 0.6 is 0 Å². The number of aliphatic hydroxyl groups excluding tert-OH is 2. The van der Waals surface area contributed by atoms with Crippen molar-refractivity contribution in [3.05, 3.63) is 35.9 Å². The highest BCUT2D eigenvalue weighted by Gasteiger charge is 2.39. The van der Waals surface area contributed by atoms with E-state index in [2.05, 4.69) is 63.8 Å². The van der Waals surface area contributed by atoms with Crippen LogP contribution < -0.4 is 75.3 Å². The Bertz CT molecular complexity index is 3020. The minimum Gasteiger partial charge on any atom is -0.481 e. The van der Waals surface area contributed by atoms with Crippen molar-refractivity contribution in [2.24, 2.45) is 29.2 Å². The largest absolute Gasteiger partial charge is 0.481 e. The maximum Gasteiger partial charge on any atom is 0.326 e. The molecule has 1 aromatic rings. The molecule has 0 bridgehead atoms. The lowest BCUT2D eigenvalue weighted by Crippen LogP contribution is -2.62. The van der Waals surface area contributed by atoms with Gasteiger partial charge in [0.25, 0.3) is 0 Å². The Morgan fingerprint density at radius 1 is 0.410 bits per heavy atom. The highest BCUT2D eigenvalue weighted by molar-refractivity contribution is 6.01. The zero-order valence-corrected chi connectivity index (χ0v) is 57.7. The third kappa shape index (κ3) is 33.1. The van der Waals surface area contributed by atoms with Crippen molar-refractivity contribution in [1.29, 1.82) is 0 Å².